The number of benzene rings is 4. The van der Waals surface area contributed by atoms with Crippen molar-refractivity contribution in [3.05, 3.63) is 142 Å². The van der Waals surface area contributed by atoms with E-state index in [9.17, 15) is 34.7 Å². The molecule has 250 valence electrons. The molecule has 11 nitrogen and oxygen atoms in total. The molecule has 0 unspecified atom stereocenters. The van der Waals surface area contributed by atoms with Gasteiger partial charge >= 0.3 is 0 Å². The van der Waals surface area contributed by atoms with Gasteiger partial charge in [-0.15, -0.1) is 0 Å². The van der Waals surface area contributed by atoms with Crippen molar-refractivity contribution in [2.45, 2.75) is 44.5 Å². The Morgan fingerprint density at radius 1 is 1.02 bits per heavy atom. The number of non-ortho nitro benzene ring substituents is 1. The molecular weight excluding hydrogens is 624 g/mol. The zero-order valence-corrected chi connectivity index (χ0v) is 26.9. The second kappa shape index (κ2) is 13.8. The Labute approximate surface area is 283 Å². The highest BCUT2D eigenvalue weighted by molar-refractivity contribution is 6.07. The number of hydrogen-bond acceptors (Lipinski definition) is 7. The number of nitrogens with zero attached hydrogens (tertiary/aromatic N) is 4. The third-order valence-electron chi connectivity index (χ3n) is 9.42. The molecule has 0 saturated carbocycles. The highest BCUT2D eigenvalue weighted by Crippen LogP contribution is 2.47. The minimum Gasteiger partial charge on any atom is -0.394 e. The van der Waals surface area contributed by atoms with Gasteiger partial charge in [-0.25, -0.2) is 0 Å². The van der Waals surface area contributed by atoms with Crippen LogP contribution in [-0.4, -0.2) is 50.9 Å². The molecule has 0 bridgehead atoms. The molecule has 0 aliphatic carbocycles. The van der Waals surface area contributed by atoms with Gasteiger partial charge in [0.15, 0.2) is 5.60 Å². The van der Waals surface area contributed by atoms with Crippen molar-refractivity contribution in [1.82, 2.24) is 4.90 Å². The molecule has 0 spiro atoms. The number of rotatable bonds is 11. The number of para-hydroxylation sites is 1. The fourth-order valence-corrected chi connectivity index (χ4v) is 6.68. The van der Waals surface area contributed by atoms with Gasteiger partial charge in [0, 0.05) is 48.0 Å². The third-order valence-corrected chi connectivity index (χ3v) is 9.42. The Bertz CT molecular complexity index is 1910. The predicted molar refractivity (Wildman–Crippen MR) is 184 cm³/mol. The lowest BCUT2D eigenvalue weighted by molar-refractivity contribution is -0.385. The van der Waals surface area contributed by atoms with Gasteiger partial charge in [-0.3, -0.25) is 29.4 Å². The number of nitro groups is 1. The van der Waals surface area contributed by atoms with Crippen molar-refractivity contribution < 1.29 is 29.5 Å². The minimum atomic E-state index is -2.14. The van der Waals surface area contributed by atoms with Crippen molar-refractivity contribution in [2.75, 3.05) is 16.4 Å². The molecule has 2 N–H and O–H groups in total. The number of aliphatic hydroxyl groups excluding tert-OH is 1. The van der Waals surface area contributed by atoms with Crippen LogP contribution in [0.4, 0.5) is 22.7 Å². The summed E-state index contributed by atoms with van der Waals surface area (Å²) in [5, 5.41) is 33.8. The van der Waals surface area contributed by atoms with Gasteiger partial charge in [0.25, 0.3) is 11.6 Å². The summed E-state index contributed by atoms with van der Waals surface area (Å²) in [5.41, 5.74) is 2.19. The van der Waals surface area contributed by atoms with Gasteiger partial charge in [0.2, 0.25) is 12.3 Å². The zero-order valence-electron chi connectivity index (χ0n) is 26.9. The molecule has 0 saturated heterocycles. The molecule has 11 heteroatoms. The number of hydrogen-bond donors (Lipinski definition) is 2. The first-order valence-corrected chi connectivity index (χ1v) is 16.0. The monoisotopic (exact) mass is 660 g/mol. The summed E-state index contributed by atoms with van der Waals surface area (Å²) >= 11 is 0. The lowest BCUT2D eigenvalue weighted by Gasteiger charge is -2.36. The van der Waals surface area contributed by atoms with Gasteiger partial charge in [-0.1, -0.05) is 73.7 Å². The fourth-order valence-electron chi connectivity index (χ4n) is 6.68. The molecule has 3 atom stereocenters. The number of carbonyl (C=O) groups is 3. The van der Waals surface area contributed by atoms with Crippen LogP contribution in [0, 0.1) is 16.0 Å². The molecule has 49 heavy (non-hydrogen) atoms. The van der Waals surface area contributed by atoms with Crippen LogP contribution in [0.25, 0.3) is 0 Å². The van der Waals surface area contributed by atoms with Crippen LogP contribution in [0.1, 0.15) is 35.6 Å². The minimum absolute atomic E-state index is 0.0219. The Morgan fingerprint density at radius 3 is 2.37 bits per heavy atom. The van der Waals surface area contributed by atoms with Crippen LogP contribution >= 0.6 is 0 Å². The first-order chi connectivity index (χ1) is 23.6. The van der Waals surface area contributed by atoms with Crippen molar-refractivity contribution >= 4 is 41.0 Å². The summed E-state index contributed by atoms with van der Waals surface area (Å²) in [4.78, 5) is 54.9. The average Bonchev–Trinajstić information content (AvgIpc) is 3.34. The topological polar surface area (TPSA) is 145 Å². The molecule has 0 fully saturated rings. The first kappa shape index (κ1) is 33.3. The van der Waals surface area contributed by atoms with E-state index in [1.807, 2.05) is 54.6 Å². The van der Waals surface area contributed by atoms with Crippen molar-refractivity contribution in [3.63, 3.8) is 0 Å². The van der Waals surface area contributed by atoms with Gasteiger partial charge in [0.1, 0.15) is 0 Å². The van der Waals surface area contributed by atoms with E-state index < -0.39 is 22.3 Å². The standard InChI is InChI=1S/C38H36N4O7/c1-26(8-7-13-36(45)39-23-29-10-6-5-9-28(29)20-33(39)24-43)38(47)34-21-32(42(48)49)18-19-35(34)40(37(38)46)22-27-14-16-31(17-15-27)41(25-44)30-11-3-2-4-12-30/h2-12,14-19,21,25-26,33,43,47H,13,20,22-24H2,1H3/b8-7+/t26-,33+,38+/m1/s1. The normalized spacial score (nSPS) is 19.0. The number of carbonyl (C=O) groups excluding carboxylic acids is 3. The Kier molecular flexibility index (Phi) is 9.39. The molecule has 3 amide bonds. The van der Waals surface area contributed by atoms with E-state index in [0.717, 1.165) is 17.5 Å². The molecular formula is C38H36N4O7. The molecule has 0 radical (unpaired) electrons. The molecule has 4 aromatic rings. The van der Waals surface area contributed by atoms with Crippen LogP contribution in [0.5, 0.6) is 0 Å². The number of fused-ring (bicyclic) bond motifs is 2. The summed E-state index contributed by atoms with van der Waals surface area (Å²) in [6, 6.07) is 27.6. The Hall–Kier alpha value is -5.65. The summed E-state index contributed by atoms with van der Waals surface area (Å²) in [5.74, 6) is -1.71. The highest BCUT2D eigenvalue weighted by Gasteiger charge is 2.53. The van der Waals surface area contributed by atoms with E-state index in [1.165, 1.54) is 28.0 Å². The van der Waals surface area contributed by atoms with Crippen LogP contribution in [0.2, 0.25) is 0 Å². The van der Waals surface area contributed by atoms with E-state index in [1.54, 1.807) is 48.2 Å². The third kappa shape index (κ3) is 6.33. The Morgan fingerprint density at radius 2 is 1.69 bits per heavy atom. The van der Waals surface area contributed by atoms with Gasteiger partial charge in [-0.05, 0) is 53.4 Å². The van der Waals surface area contributed by atoms with Gasteiger partial charge in [-0.2, -0.15) is 0 Å². The van der Waals surface area contributed by atoms with Gasteiger partial charge < -0.3 is 20.0 Å². The maximum atomic E-state index is 14.1. The SMILES string of the molecule is C[C@H](/C=C/CC(=O)N1Cc2ccccc2C[C@H]1CO)[C@@]1(O)C(=O)N(Cc2ccc(N(C=O)c3ccccc3)cc2)c2ccc([N+](=O)[O-])cc21. The van der Waals surface area contributed by atoms with Crippen molar-refractivity contribution in [2.24, 2.45) is 5.92 Å². The van der Waals surface area contributed by atoms with E-state index in [-0.39, 0.29) is 42.8 Å². The van der Waals surface area contributed by atoms with Crippen molar-refractivity contribution in [3.8, 4) is 0 Å². The molecule has 2 aliphatic rings. The lowest BCUT2D eigenvalue weighted by Crippen LogP contribution is -2.46. The molecule has 6 rings (SSSR count). The zero-order chi connectivity index (χ0) is 34.7. The van der Waals surface area contributed by atoms with Crippen LogP contribution in [0.3, 0.4) is 0 Å². The largest absolute Gasteiger partial charge is 0.394 e. The van der Waals surface area contributed by atoms with Gasteiger partial charge in [0.05, 0.1) is 29.8 Å². The number of nitro benzene ring substituents is 1. The Balaban J connectivity index is 1.22. The summed E-state index contributed by atoms with van der Waals surface area (Å²) < 4.78 is 0. The van der Waals surface area contributed by atoms with Crippen LogP contribution in [0.15, 0.2) is 109 Å². The second-order valence-electron chi connectivity index (χ2n) is 12.3. The summed E-state index contributed by atoms with van der Waals surface area (Å²) in [6.07, 6.45) is 4.42. The molecule has 4 aromatic carbocycles. The van der Waals surface area contributed by atoms with Crippen LogP contribution in [-0.2, 0) is 39.5 Å². The summed E-state index contributed by atoms with van der Waals surface area (Å²) in [6.45, 7) is 1.89. The van der Waals surface area contributed by atoms with Crippen LogP contribution < -0.4 is 9.80 Å². The second-order valence-corrected chi connectivity index (χ2v) is 12.3. The van der Waals surface area contributed by atoms with E-state index in [2.05, 4.69) is 0 Å². The van der Waals surface area contributed by atoms with E-state index in [4.69, 9.17) is 0 Å². The molecule has 2 heterocycles. The number of aliphatic hydroxyl groups is 2. The predicted octanol–water partition coefficient (Wildman–Crippen LogP) is 5.15. The fraction of sp³-hybridized carbons (Fsp3) is 0.237. The lowest BCUT2D eigenvalue weighted by atomic mass is 9.82. The molecule has 2 aliphatic heterocycles. The number of anilines is 3. The quantitative estimate of drug-likeness (QED) is 0.0980. The van der Waals surface area contributed by atoms with E-state index >= 15 is 0 Å². The van der Waals surface area contributed by atoms with E-state index in [0.29, 0.717) is 35.6 Å². The molecule has 0 aromatic heterocycles. The number of amides is 3. The summed E-state index contributed by atoms with van der Waals surface area (Å²) in [7, 11) is 0. The smallest absolute Gasteiger partial charge is 0.269 e. The maximum absolute atomic E-state index is 14.1. The highest BCUT2D eigenvalue weighted by atomic mass is 16.6. The van der Waals surface area contributed by atoms with Crippen molar-refractivity contribution in [1.29, 1.82) is 0 Å². The first-order valence-electron chi connectivity index (χ1n) is 16.0. The average molecular weight is 661 g/mol. The maximum Gasteiger partial charge on any atom is 0.269 e.